The Labute approximate surface area is 239 Å². The van der Waals surface area contributed by atoms with Gasteiger partial charge in [-0.05, 0) is 56.5 Å². The maximum absolute atomic E-state index is 14.0. The van der Waals surface area contributed by atoms with Crippen molar-refractivity contribution in [1.82, 2.24) is 29.3 Å². The molecule has 0 aliphatic heterocycles. The number of benzene rings is 1. The van der Waals surface area contributed by atoms with Crippen molar-refractivity contribution >= 4 is 10.0 Å². The molecule has 0 spiro atoms. The number of nitrogens with zero attached hydrogens (tertiary/aromatic N) is 7. The first-order valence-electron chi connectivity index (χ1n) is 13.0. The van der Waals surface area contributed by atoms with E-state index < -0.39 is 21.4 Å². The van der Waals surface area contributed by atoms with Gasteiger partial charge in [0.05, 0.1) is 26.0 Å². The van der Waals surface area contributed by atoms with Crippen LogP contribution in [0.4, 0.5) is 0 Å². The fourth-order valence-electron chi connectivity index (χ4n) is 4.31. The third-order valence-electron chi connectivity index (χ3n) is 6.47. The van der Waals surface area contributed by atoms with Gasteiger partial charge in [-0.3, -0.25) is 9.55 Å². The number of methoxy groups -OCH3 is 2. The molecule has 0 radical (unpaired) electrons. The summed E-state index contributed by atoms with van der Waals surface area (Å²) in [6.45, 7) is 7.63. The molecule has 4 rings (SSSR count). The number of rotatable bonds is 11. The third kappa shape index (κ3) is 6.53. The van der Waals surface area contributed by atoms with E-state index in [1.54, 1.807) is 56.7 Å². The number of aromatic nitrogens is 6. The van der Waals surface area contributed by atoms with Crippen LogP contribution < -0.4 is 10.4 Å². The predicted molar refractivity (Wildman–Crippen MR) is 153 cm³/mol. The van der Waals surface area contributed by atoms with E-state index in [1.165, 1.54) is 11.6 Å². The highest BCUT2D eigenvalue weighted by Crippen LogP contribution is 2.30. The van der Waals surface area contributed by atoms with E-state index in [9.17, 15) is 8.42 Å². The lowest BCUT2D eigenvalue weighted by Gasteiger charge is -2.21. The van der Waals surface area contributed by atoms with Gasteiger partial charge in [-0.15, -0.1) is 4.40 Å². The summed E-state index contributed by atoms with van der Waals surface area (Å²) in [5.74, 6) is 1.22. The van der Waals surface area contributed by atoms with Crippen molar-refractivity contribution in [3.8, 4) is 22.8 Å². The standard InChI is InChI=1S/C28H35N7O5S/c1-18-13-22(17-29-14-18)27-32-34(5)28(35(27)24-20(3)9-8-10-23(24)39-7)33-41(36,37)21(4)25(40-12-11-38-6)26-30-15-19(2)16-31-26/h8-10,13-17,21,25H,11-12H2,1-7H3/b33-28+/t21-,25-/m1/s1. The molecule has 0 N–H and O–H groups in total. The minimum atomic E-state index is -4.23. The maximum atomic E-state index is 14.0. The Hall–Kier alpha value is -3.94. The van der Waals surface area contributed by atoms with Crippen molar-refractivity contribution in [3.05, 3.63) is 77.2 Å². The quantitative estimate of drug-likeness (QED) is 0.245. The Morgan fingerprint density at radius 2 is 1.73 bits per heavy atom. The molecule has 4 aromatic rings. The van der Waals surface area contributed by atoms with Crippen molar-refractivity contribution in [2.75, 3.05) is 27.4 Å². The lowest BCUT2D eigenvalue weighted by molar-refractivity contribution is 0.0118. The van der Waals surface area contributed by atoms with Crippen molar-refractivity contribution in [2.24, 2.45) is 11.4 Å². The average Bonchev–Trinajstić information content (AvgIpc) is 3.26. The van der Waals surface area contributed by atoms with Crippen molar-refractivity contribution < 1.29 is 22.6 Å². The summed E-state index contributed by atoms with van der Waals surface area (Å²) >= 11 is 0. The summed E-state index contributed by atoms with van der Waals surface area (Å²) in [6.07, 6.45) is 5.65. The molecule has 0 amide bonds. The van der Waals surface area contributed by atoms with Crippen molar-refractivity contribution in [3.63, 3.8) is 0 Å². The molecule has 41 heavy (non-hydrogen) atoms. The Bertz CT molecular complexity index is 1680. The third-order valence-corrected chi connectivity index (χ3v) is 8.07. The Morgan fingerprint density at radius 1 is 1.00 bits per heavy atom. The fraction of sp³-hybridized carbons (Fsp3) is 0.393. The number of para-hydroxylation sites is 1. The molecule has 13 heteroatoms. The van der Waals surface area contributed by atoms with Gasteiger partial charge in [-0.25, -0.2) is 23.1 Å². The molecular formula is C28H35N7O5S. The van der Waals surface area contributed by atoms with E-state index >= 15 is 0 Å². The van der Waals surface area contributed by atoms with Gasteiger partial charge in [0.2, 0.25) is 5.62 Å². The van der Waals surface area contributed by atoms with Crippen molar-refractivity contribution in [1.29, 1.82) is 0 Å². The average molecular weight is 582 g/mol. The van der Waals surface area contributed by atoms with E-state index in [1.807, 2.05) is 39.0 Å². The number of ether oxygens (including phenoxy) is 3. The highest BCUT2D eigenvalue weighted by Gasteiger charge is 2.34. The van der Waals surface area contributed by atoms with Crippen LogP contribution in [0.1, 0.15) is 35.5 Å². The zero-order valence-electron chi connectivity index (χ0n) is 24.3. The topological polar surface area (TPSA) is 136 Å². The minimum Gasteiger partial charge on any atom is -0.495 e. The lowest BCUT2D eigenvalue weighted by Crippen LogP contribution is -2.33. The second-order valence-corrected chi connectivity index (χ2v) is 11.6. The number of hydrogen-bond donors (Lipinski definition) is 0. The Balaban J connectivity index is 1.94. The first kappa shape index (κ1) is 30.0. The Kier molecular flexibility index (Phi) is 9.31. The van der Waals surface area contributed by atoms with Gasteiger partial charge in [-0.1, -0.05) is 12.1 Å². The van der Waals surface area contributed by atoms with Crippen LogP contribution in [0.5, 0.6) is 5.75 Å². The highest BCUT2D eigenvalue weighted by molar-refractivity contribution is 7.90. The lowest BCUT2D eigenvalue weighted by atomic mass is 10.1. The van der Waals surface area contributed by atoms with Crippen LogP contribution in [0.3, 0.4) is 0 Å². The van der Waals surface area contributed by atoms with Gasteiger partial charge < -0.3 is 14.2 Å². The second-order valence-electron chi connectivity index (χ2n) is 9.67. The molecule has 3 heterocycles. The van der Waals surface area contributed by atoms with Gasteiger partial charge in [0.25, 0.3) is 10.0 Å². The van der Waals surface area contributed by atoms with Crippen LogP contribution >= 0.6 is 0 Å². The van der Waals surface area contributed by atoms with Gasteiger partial charge in [0.1, 0.15) is 17.1 Å². The summed E-state index contributed by atoms with van der Waals surface area (Å²) in [5, 5.41) is 3.54. The van der Waals surface area contributed by atoms with Crippen LogP contribution in [0.15, 0.2) is 53.5 Å². The normalized spacial score (nSPS) is 13.8. The predicted octanol–water partition coefficient (Wildman–Crippen LogP) is 3.02. The van der Waals surface area contributed by atoms with Gasteiger partial charge in [0.15, 0.2) is 11.6 Å². The molecule has 0 unspecified atom stereocenters. The molecule has 12 nitrogen and oxygen atoms in total. The van der Waals surface area contributed by atoms with E-state index in [-0.39, 0.29) is 24.7 Å². The van der Waals surface area contributed by atoms with Crippen molar-refractivity contribution in [2.45, 2.75) is 39.0 Å². The van der Waals surface area contributed by atoms with Gasteiger partial charge in [0, 0.05) is 44.5 Å². The minimum absolute atomic E-state index is 0.0708. The van der Waals surface area contributed by atoms with Gasteiger partial charge >= 0.3 is 0 Å². The molecule has 1 aromatic carbocycles. The Morgan fingerprint density at radius 3 is 2.39 bits per heavy atom. The van der Waals surface area contributed by atoms with E-state index in [4.69, 9.17) is 14.2 Å². The summed E-state index contributed by atoms with van der Waals surface area (Å²) in [6, 6.07) is 7.49. The molecule has 3 aromatic heterocycles. The van der Waals surface area contributed by atoms with Crippen LogP contribution in [-0.2, 0) is 26.5 Å². The number of pyridine rings is 1. The molecule has 218 valence electrons. The number of sulfonamides is 1. The fourth-order valence-corrected chi connectivity index (χ4v) is 5.41. The molecular weight excluding hydrogens is 546 g/mol. The summed E-state index contributed by atoms with van der Waals surface area (Å²) in [5.41, 5.74) is 3.96. The SMILES string of the molecule is COCCO[C@@H](c1ncc(C)cn1)[C@@H](C)S(=O)(=O)/N=c1\n(C)nc(-c2cncc(C)c2)n1-c1c(C)cccc1OC. The monoisotopic (exact) mass is 581 g/mol. The maximum Gasteiger partial charge on any atom is 0.262 e. The zero-order valence-corrected chi connectivity index (χ0v) is 25.1. The van der Waals surface area contributed by atoms with Crippen LogP contribution in [0.25, 0.3) is 17.1 Å². The molecule has 0 saturated heterocycles. The van der Waals surface area contributed by atoms with Gasteiger partial charge in [-0.2, -0.15) is 5.10 Å². The zero-order chi connectivity index (χ0) is 29.7. The molecule has 0 saturated carbocycles. The second kappa shape index (κ2) is 12.7. The molecule has 0 fully saturated rings. The smallest absolute Gasteiger partial charge is 0.262 e. The number of hydrogen-bond acceptors (Lipinski definition) is 9. The molecule has 2 atom stereocenters. The number of aryl methyl sites for hydroxylation is 4. The van der Waals surface area contributed by atoms with Crippen LogP contribution in [0, 0.1) is 20.8 Å². The highest BCUT2D eigenvalue weighted by atomic mass is 32.2. The van der Waals surface area contributed by atoms with Crippen LogP contribution in [-0.4, -0.2) is 70.4 Å². The molecule has 0 bridgehead atoms. The first-order chi connectivity index (χ1) is 19.6. The van der Waals surface area contributed by atoms with E-state index in [0.717, 1.165) is 16.7 Å². The summed E-state index contributed by atoms with van der Waals surface area (Å²) < 4.78 is 52.1. The van der Waals surface area contributed by atoms with Crippen LogP contribution in [0.2, 0.25) is 0 Å². The molecule has 0 aliphatic rings. The largest absolute Gasteiger partial charge is 0.495 e. The summed E-state index contributed by atoms with van der Waals surface area (Å²) in [7, 11) is 0.510. The van der Waals surface area contributed by atoms with E-state index in [0.29, 0.717) is 22.8 Å². The van der Waals surface area contributed by atoms with E-state index in [2.05, 4.69) is 24.4 Å². The first-order valence-corrected chi connectivity index (χ1v) is 14.5. The summed E-state index contributed by atoms with van der Waals surface area (Å²) in [4.78, 5) is 13.0. The molecule has 0 aliphatic carbocycles.